The summed E-state index contributed by atoms with van der Waals surface area (Å²) < 4.78 is 47.1. The number of carbonyl (C=O) groups is 1. The molecule has 1 atom stereocenters. The van der Waals surface area contributed by atoms with E-state index in [1.165, 1.54) is 19.1 Å². The van der Waals surface area contributed by atoms with Gasteiger partial charge >= 0.3 is 5.76 Å². The molecule has 1 amide bonds. The van der Waals surface area contributed by atoms with Crippen molar-refractivity contribution in [2.45, 2.75) is 23.6 Å². The Morgan fingerprint density at radius 3 is 2.42 bits per heavy atom. The number of alkyl halides is 2. The molecule has 108 valence electrons. The highest BCUT2D eigenvalue weighted by molar-refractivity contribution is 7.91. The lowest BCUT2D eigenvalue weighted by Gasteiger charge is -2.09. The number of sulfone groups is 1. The number of benzene rings is 1. The summed E-state index contributed by atoms with van der Waals surface area (Å²) in [7, 11) is -4.67. The highest BCUT2D eigenvalue weighted by Gasteiger charge is 2.26. The Balaban J connectivity index is 0.00000324. The average molecular weight is 315 g/mol. The second-order valence-corrected chi connectivity index (χ2v) is 5.53. The number of anilines is 1. The number of hydrogen-bond donors (Lipinski definition) is 2. The molecule has 0 heterocycles. The fourth-order valence-electron chi connectivity index (χ4n) is 1.11. The minimum absolute atomic E-state index is 0. The number of amides is 1. The molecule has 9 heteroatoms. The number of rotatable bonds is 4. The number of hydrogen-bond acceptors (Lipinski definition) is 4. The molecular weight excluding hydrogens is 302 g/mol. The van der Waals surface area contributed by atoms with Crippen LogP contribution in [-0.2, 0) is 14.6 Å². The summed E-state index contributed by atoms with van der Waals surface area (Å²) in [6, 6.07) is 3.84. The van der Waals surface area contributed by atoms with E-state index in [-0.39, 0.29) is 18.1 Å². The van der Waals surface area contributed by atoms with Crippen LogP contribution in [0.2, 0.25) is 0 Å². The third kappa shape index (κ3) is 4.41. The Hall–Kier alpha value is -1.25. The van der Waals surface area contributed by atoms with Crippen LogP contribution in [0.15, 0.2) is 29.2 Å². The van der Waals surface area contributed by atoms with E-state index in [0.717, 1.165) is 12.1 Å². The highest BCUT2D eigenvalue weighted by Crippen LogP contribution is 2.21. The molecule has 0 aromatic heterocycles. The molecule has 0 fully saturated rings. The Kier molecular flexibility index (Phi) is 6.34. The van der Waals surface area contributed by atoms with Gasteiger partial charge in [-0.05, 0) is 25.1 Å². The SMILES string of the molecule is C[C@H](N)C(=O)Nc1cccc(S(=O)(=O)C(F)F)c1.Cl. The molecule has 0 saturated carbocycles. The van der Waals surface area contributed by atoms with E-state index < -0.39 is 32.4 Å². The van der Waals surface area contributed by atoms with E-state index in [9.17, 15) is 22.0 Å². The second kappa shape index (κ2) is 6.78. The van der Waals surface area contributed by atoms with Gasteiger partial charge < -0.3 is 11.1 Å². The molecule has 1 rings (SSSR count). The van der Waals surface area contributed by atoms with Crippen molar-refractivity contribution < 1.29 is 22.0 Å². The summed E-state index contributed by atoms with van der Waals surface area (Å²) in [5.74, 6) is -4.04. The van der Waals surface area contributed by atoms with Crippen LogP contribution in [0, 0.1) is 0 Å². The van der Waals surface area contributed by atoms with Gasteiger partial charge in [0.1, 0.15) is 0 Å². The summed E-state index contributed by atoms with van der Waals surface area (Å²) in [6.07, 6.45) is 0. The van der Waals surface area contributed by atoms with Crippen LogP contribution < -0.4 is 11.1 Å². The predicted molar refractivity (Wildman–Crippen MR) is 69.2 cm³/mol. The van der Waals surface area contributed by atoms with Gasteiger partial charge in [0.2, 0.25) is 15.7 Å². The Morgan fingerprint density at radius 1 is 1.37 bits per heavy atom. The fraction of sp³-hybridized carbons (Fsp3) is 0.300. The fourth-order valence-corrected chi connectivity index (χ4v) is 1.88. The van der Waals surface area contributed by atoms with E-state index in [0.29, 0.717) is 0 Å². The van der Waals surface area contributed by atoms with E-state index in [4.69, 9.17) is 5.73 Å². The van der Waals surface area contributed by atoms with Gasteiger partial charge in [0.05, 0.1) is 10.9 Å². The van der Waals surface area contributed by atoms with Crippen molar-refractivity contribution in [2.75, 3.05) is 5.32 Å². The first-order valence-electron chi connectivity index (χ1n) is 4.93. The molecule has 1 aromatic carbocycles. The molecule has 0 spiro atoms. The summed E-state index contributed by atoms with van der Waals surface area (Å²) >= 11 is 0. The molecule has 0 aliphatic rings. The summed E-state index contributed by atoms with van der Waals surface area (Å²) in [5, 5.41) is 2.32. The van der Waals surface area contributed by atoms with Crippen LogP contribution in [0.5, 0.6) is 0 Å². The quantitative estimate of drug-likeness (QED) is 0.879. The van der Waals surface area contributed by atoms with Crippen LogP contribution in [0.3, 0.4) is 0 Å². The number of halogens is 3. The van der Waals surface area contributed by atoms with Crippen LogP contribution in [0.1, 0.15) is 6.92 Å². The zero-order chi connectivity index (χ0) is 13.9. The van der Waals surface area contributed by atoms with Crippen molar-refractivity contribution in [1.82, 2.24) is 0 Å². The van der Waals surface area contributed by atoms with E-state index in [1.807, 2.05) is 0 Å². The molecule has 5 nitrogen and oxygen atoms in total. The number of carbonyl (C=O) groups excluding carboxylic acids is 1. The molecule has 0 unspecified atom stereocenters. The van der Waals surface area contributed by atoms with Crippen molar-refractivity contribution in [2.24, 2.45) is 5.73 Å². The Morgan fingerprint density at radius 2 is 1.95 bits per heavy atom. The van der Waals surface area contributed by atoms with Gasteiger partial charge in [-0.2, -0.15) is 8.78 Å². The molecule has 19 heavy (non-hydrogen) atoms. The van der Waals surface area contributed by atoms with E-state index in [1.54, 1.807) is 0 Å². The Bertz CT molecular complexity index is 549. The van der Waals surface area contributed by atoms with Crippen molar-refractivity contribution in [3.05, 3.63) is 24.3 Å². The standard InChI is InChI=1S/C10H12F2N2O3S.ClH/c1-6(13)9(15)14-7-3-2-4-8(5-7)18(16,17)10(11)12;/h2-6,10H,13H2,1H3,(H,14,15);1H/t6-;/m0./s1. The van der Waals surface area contributed by atoms with Gasteiger partial charge in [-0.25, -0.2) is 8.42 Å². The first kappa shape index (κ1) is 17.8. The van der Waals surface area contributed by atoms with Gasteiger partial charge in [0.25, 0.3) is 0 Å². The maximum absolute atomic E-state index is 12.3. The first-order valence-corrected chi connectivity index (χ1v) is 6.48. The monoisotopic (exact) mass is 314 g/mol. The van der Waals surface area contributed by atoms with Gasteiger partial charge in [-0.15, -0.1) is 12.4 Å². The van der Waals surface area contributed by atoms with Gasteiger partial charge in [-0.3, -0.25) is 4.79 Å². The third-order valence-corrected chi connectivity index (χ3v) is 3.46. The molecule has 3 N–H and O–H groups in total. The second-order valence-electron chi connectivity index (χ2n) is 3.61. The number of nitrogens with one attached hydrogen (secondary N) is 1. The van der Waals surface area contributed by atoms with Crippen LogP contribution in [0.4, 0.5) is 14.5 Å². The zero-order valence-corrected chi connectivity index (χ0v) is 11.5. The Labute approximate surface area is 115 Å². The lowest BCUT2D eigenvalue weighted by molar-refractivity contribution is -0.117. The van der Waals surface area contributed by atoms with Gasteiger partial charge in [0.15, 0.2) is 0 Å². The molecule has 0 bridgehead atoms. The smallest absolute Gasteiger partial charge is 0.325 e. The summed E-state index contributed by atoms with van der Waals surface area (Å²) in [5.41, 5.74) is 5.40. The van der Waals surface area contributed by atoms with Crippen molar-refractivity contribution >= 4 is 33.8 Å². The van der Waals surface area contributed by atoms with Gasteiger partial charge in [-0.1, -0.05) is 6.07 Å². The maximum Gasteiger partial charge on any atom is 0.341 e. The van der Waals surface area contributed by atoms with Crippen LogP contribution in [0.25, 0.3) is 0 Å². The molecular formula is C10H13ClF2N2O3S. The zero-order valence-electron chi connectivity index (χ0n) is 9.84. The topological polar surface area (TPSA) is 89.3 Å². The molecule has 0 aliphatic carbocycles. The van der Waals surface area contributed by atoms with Crippen molar-refractivity contribution in [3.8, 4) is 0 Å². The summed E-state index contributed by atoms with van der Waals surface area (Å²) in [6.45, 7) is 1.44. The minimum Gasteiger partial charge on any atom is -0.325 e. The lowest BCUT2D eigenvalue weighted by atomic mass is 10.3. The highest BCUT2D eigenvalue weighted by atomic mass is 35.5. The summed E-state index contributed by atoms with van der Waals surface area (Å²) in [4.78, 5) is 10.7. The number of nitrogens with two attached hydrogens (primary N) is 1. The molecule has 1 aromatic rings. The van der Waals surface area contributed by atoms with E-state index >= 15 is 0 Å². The molecule has 0 saturated heterocycles. The lowest BCUT2D eigenvalue weighted by Crippen LogP contribution is -2.32. The maximum atomic E-state index is 12.3. The van der Waals surface area contributed by atoms with Gasteiger partial charge in [0, 0.05) is 5.69 Å². The predicted octanol–water partition coefficient (Wildman–Crippen LogP) is 1.39. The molecule has 0 radical (unpaired) electrons. The van der Waals surface area contributed by atoms with Crippen LogP contribution >= 0.6 is 12.4 Å². The van der Waals surface area contributed by atoms with Crippen LogP contribution in [-0.4, -0.2) is 26.1 Å². The third-order valence-electron chi connectivity index (χ3n) is 2.08. The normalized spacial score (nSPS) is 12.7. The van der Waals surface area contributed by atoms with Crippen molar-refractivity contribution in [1.29, 1.82) is 0 Å². The van der Waals surface area contributed by atoms with E-state index in [2.05, 4.69) is 5.32 Å². The molecule has 0 aliphatic heterocycles. The van der Waals surface area contributed by atoms with Crippen molar-refractivity contribution in [3.63, 3.8) is 0 Å². The largest absolute Gasteiger partial charge is 0.341 e. The first-order chi connectivity index (χ1) is 8.25. The average Bonchev–Trinajstić information content (AvgIpc) is 2.28. The minimum atomic E-state index is -4.67.